The number of nitrogens with one attached hydrogen (secondary N) is 1. The molecule has 0 bridgehead atoms. The molecule has 0 aliphatic heterocycles. The predicted molar refractivity (Wildman–Crippen MR) is 83.2 cm³/mol. The monoisotopic (exact) mass is 313 g/mol. The van der Waals surface area contributed by atoms with E-state index in [0.29, 0.717) is 6.54 Å². The van der Waals surface area contributed by atoms with E-state index >= 15 is 0 Å². The summed E-state index contributed by atoms with van der Waals surface area (Å²) in [5.41, 5.74) is 0.0914. The molecule has 0 radical (unpaired) electrons. The van der Waals surface area contributed by atoms with E-state index in [1.54, 1.807) is 13.1 Å². The number of amides is 2. The fourth-order valence-corrected chi connectivity index (χ4v) is 2.04. The molecule has 2 N–H and O–H groups in total. The Bertz CT molecular complexity index is 520. The van der Waals surface area contributed by atoms with E-state index in [-0.39, 0.29) is 22.3 Å². The second kappa shape index (κ2) is 7.85. The molecule has 2 amide bonds. The molecule has 7 heteroatoms. The summed E-state index contributed by atoms with van der Waals surface area (Å²) in [5.74, 6) is -1.17. The number of carboxylic acid groups (broad SMARTS) is 1. The van der Waals surface area contributed by atoms with Gasteiger partial charge in [-0.05, 0) is 39.2 Å². The summed E-state index contributed by atoms with van der Waals surface area (Å²) in [6, 6.07) is 4.22. The van der Waals surface area contributed by atoms with Crippen LogP contribution in [0.25, 0.3) is 0 Å². The number of anilines is 1. The first-order valence-corrected chi connectivity index (χ1v) is 6.89. The Labute approximate surface area is 129 Å². The van der Waals surface area contributed by atoms with Gasteiger partial charge in [0.15, 0.2) is 0 Å². The Balaban J connectivity index is 2.70. The van der Waals surface area contributed by atoms with Crippen molar-refractivity contribution in [3.63, 3.8) is 0 Å². The van der Waals surface area contributed by atoms with E-state index in [1.807, 2.05) is 19.0 Å². The Morgan fingerprint density at radius 1 is 1.24 bits per heavy atom. The van der Waals surface area contributed by atoms with Crippen molar-refractivity contribution in [2.75, 3.05) is 39.5 Å². The number of halogens is 1. The van der Waals surface area contributed by atoms with Crippen LogP contribution < -0.4 is 5.32 Å². The molecule has 0 aliphatic carbocycles. The largest absolute Gasteiger partial charge is 0.478 e. The molecule has 0 heterocycles. The van der Waals surface area contributed by atoms with Crippen LogP contribution in [0, 0.1) is 0 Å². The first-order chi connectivity index (χ1) is 9.82. The normalized spacial score (nSPS) is 10.5. The lowest BCUT2D eigenvalue weighted by molar-refractivity contribution is 0.0698. The Kier molecular flexibility index (Phi) is 6.45. The van der Waals surface area contributed by atoms with Gasteiger partial charge in [-0.25, -0.2) is 9.59 Å². The van der Waals surface area contributed by atoms with Gasteiger partial charge in [-0.2, -0.15) is 0 Å². The van der Waals surface area contributed by atoms with Gasteiger partial charge in [0.05, 0.1) is 10.7 Å². The van der Waals surface area contributed by atoms with Crippen molar-refractivity contribution in [2.24, 2.45) is 0 Å². The molecule has 1 aromatic rings. The maximum absolute atomic E-state index is 12.0. The Hall–Kier alpha value is -1.79. The van der Waals surface area contributed by atoms with E-state index in [4.69, 9.17) is 16.7 Å². The third kappa shape index (κ3) is 5.24. The zero-order chi connectivity index (χ0) is 16.0. The highest BCUT2D eigenvalue weighted by molar-refractivity contribution is 6.34. The standard InChI is InChI=1S/C14H20ClN3O3/c1-17(2)8-5-9-18(3)14(21)16-11-7-4-6-10(15)12(11)13(19)20/h4,6-7H,5,8-9H2,1-3H3,(H,16,21)(H,19,20). The first kappa shape index (κ1) is 17.3. The number of carbonyl (C=O) groups is 2. The topological polar surface area (TPSA) is 72.9 Å². The Morgan fingerprint density at radius 3 is 2.48 bits per heavy atom. The maximum atomic E-state index is 12.0. The third-order valence-corrected chi connectivity index (χ3v) is 3.23. The van der Waals surface area contributed by atoms with Crippen LogP contribution >= 0.6 is 11.6 Å². The molecule has 0 saturated heterocycles. The first-order valence-electron chi connectivity index (χ1n) is 6.51. The second-order valence-electron chi connectivity index (χ2n) is 4.98. The molecule has 116 valence electrons. The summed E-state index contributed by atoms with van der Waals surface area (Å²) >= 11 is 5.85. The van der Waals surface area contributed by atoms with Gasteiger partial charge in [0, 0.05) is 13.6 Å². The fraction of sp³-hybridized carbons (Fsp3) is 0.429. The van der Waals surface area contributed by atoms with Crippen molar-refractivity contribution >= 4 is 29.3 Å². The number of nitrogens with zero attached hydrogens (tertiary/aromatic N) is 2. The minimum Gasteiger partial charge on any atom is -0.478 e. The fourth-order valence-electron chi connectivity index (χ4n) is 1.78. The molecule has 6 nitrogen and oxygen atoms in total. The van der Waals surface area contributed by atoms with E-state index in [0.717, 1.165) is 13.0 Å². The van der Waals surface area contributed by atoms with Gasteiger partial charge < -0.3 is 20.2 Å². The van der Waals surface area contributed by atoms with Crippen LogP contribution in [0.3, 0.4) is 0 Å². The zero-order valence-corrected chi connectivity index (χ0v) is 13.1. The summed E-state index contributed by atoms with van der Waals surface area (Å²) in [4.78, 5) is 26.8. The minimum atomic E-state index is -1.17. The molecule has 1 rings (SSSR count). The molecule has 0 aliphatic rings. The summed E-state index contributed by atoms with van der Waals surface area (Å²) in [6.45, 7) is 1.45. The number of hydrogen-bond acceptors (Lipinski definition) is 3. The summed E-state index contributed by atoms with van der Waals surface area (Å²) in [6.07, 6.45) is 0.832. The van der Waals surface area contributed by atoms with Crippen molar-refractivity contribution in [3.05, 3.63) is 28.8 Å². The van der Waals surface area contributed by atoms with Crippen LogP contribution in [0.4, 0.5) is 10.5 Å². The molecule has 0 unspecified atom stereocenters. The van der Waals surface area contributed by atoms with Crippen LogP contribution in [-0.2, 0) is 0 Å². The SMILES string of the molecule is CN(C)CCCN(C)C(=O)Nc1cccc(Cl)c1C(=O)O. The quantitative estimate of drug-likeness (QED) is 0.846. The van der Waals surface area contributed by atoms with E-state index in [1.165, 1.54) is 17.0 Å². The van der Waals surface area contributed by atoms with Gasteiger partial charge >= 0.3 is 12.0 Å². The van der Waals surface area contributed by atoms with Crippen molar-refractivity contribution in [1.29, 1.82) is 0 Å². The van der Waals surface area contributed by atoms with Crippen LogP contribution in [0.5, 0.6) is 0 Å². The average molecular weight is 314 g/mol. The highest BCUT2D eigenvalue weighted by Gasteiger charge is 2.17. The lowest BCUT2D eigenvalue weighted by Gasteiger charge is -2.20. The number of aromatic carboxylic acids is 1. The highest BCUT2D eigenvalue weighted by Crippen LogP contribution is 2.24. The molecule has 21 heavy (non-hydrogen) atoms. The molecule has 0 aromatic heterocycles. The maximum Gasteiger partial charge on any atom is 0.339 e. The third-order valence-electron chi connectivity index (χ3n) is 2.91. The van der Waals surface area contributed by atoms with Crippen molar-refractivity contribution < 1.29 is 14.7 Å². The summed E-state index contributed by atoms with van der Waals surface area (Å²) < 4.78 is 0. The van der Waals surface area contributed by atoms with Gasteiger partial charge in [-0.15, -0.1) is 0 Å². The molecule has 0 atom stereocenters. The average Bonchev–Trinajstić information content (AvgIpc) is 2.37. The smallest absolute Gasteiger partial charge is 0.339 e. The minimum absolute atomic E-state index is 0.0931. The van der Waals surface area contributed by atoms with Gasteiger partial charge in [0.1, 0.15) is 5.56 Å². The van der Waals surface area contributed by atoms with Crippen molar-refractivity contribution in [2.45, 2.75) is 6.42 Å². The van der Waals surface area contributed by atoms with Crippen LogP contribution in [0.15, 0.2) is 18.2 Å². The zero-order valence-electron chi connectivity index (χ0n) is 12.4. The predicted octanol–water partition coefficient (Wildman–Crippen LogP) is 2.45. The van der Waals surface area contributed by atoms with Crippen LogP contribution in [-0.4, -0.2) is 61.1 Å². The van der Waals surface area contributed by atoms with Gasteiger partial charge in [-0.1, -0.05) is 17.7 Å². The summed E-state index contributed by atoms with van der Waals surface area (Å²) in [7, 11) is 5.59. The number of hydrogen-bond donors (Lipinski definition) is 2. The van der Waals surface area contributed by atoms with E-state index in [2.05, 4.69) is 5.32 Å². The number of carboxylic acids is 1. The molecule has 0 fully saturated rings. The lowest BCUT2D eigenvalue weighted by Crippen LogP contribution is -2.33. The number of benzene rings is 1. The second-order valence-corrected chi connectivity index (χ2v) is 5.38. The molecule has 1 aromatic carbocycles. The number of rotatable bonds is 6. The van der Waals surface area contributed by atoms with Gasteiger partial charge in [0.2, 0.25) is 0 Å². The molecular formula is C14H20ClN3O3. The summed E-state index contributed by atoms with van der Waals surface area (Å²) in [5, 5.41) is 11.8. The van der Waals surface area contributed by atoms with Crippen LogP contribution in [0.2, 0.25) is 5.02 Å². The Morgan fingerprint density at radius 2 is 1.90 bits per heavy atom. The lowest BCUT2D eigenvalue weighted by atomic mass is 10.2. The van der Waals surface area contributed by atoms with Crippen molar-refractivity contribution in [3.8, 4) is 0 Å². The van der Waals surface area contributed by atoms with Gasteiger partial charge in [-0.3, -0.25) is 0 Å². The molecular weight excluding hydrogens is 294 g/mol. The number of urea groups is 1. The molecule has 0 spiro atoms. The number of carbonyl (C=O) groups excluding carboxylic acids is 1. The molecule has 0 saturated carbocycles. The highest BCUT2D eigenvalue weighted by atomic mass is 35.5. The van der Waals surface area contributed by atoms with E-state index in [9.17, 15) is 9.59 Å². The van der Waals surface area contributed by atoms with Gasteiger partial charge in [0.25, 0.3) is 0 Å². The van der Waals surface area contributed by atoms with E-state index < -0.39 is 5.97 Å². The van der Waals surface area contributed by atoms with Crippen molar-refractivity contribution in [1.82, 2.24) is 9.80 Å². The van der Waals surface area contributed by atoms with Crippen LogP contribution in [0.1, 0.15) is 16.8 Å².